The van der Waals surface area contributed by atoms with Gasteiger partial charge in [-0.2, -0.15) is 0 Å². The maximum Gasteiger partial charge on any atom is 0.342 e. The van der Waals surface area contributed by atoms with E-state index in [0.717, 1.165) is 21.8 Å². The summed E-state index contributed by atoms with van der Waals surface area (Å²) in [5.41, 5.74) is 3.73. The molecule has 29 heavy (non-hydrogen) atoms. The molecule has 3 aromatic rings. The lowest BCUT2D eigenvalue weighted by Gasteiger charge is -2.12. The maximum absolute atomic E-state index is 12.5. The highest BCUT2D eigenvalue weighted by Gasteiger charge is 2.16. The number of aromatic nitrogens is 1. The molecule has 0 spiro atoms. The average Bonchev–Trinajstić information content (AvgIpc) is 3.13. The van der Waals surface area contributed by atoms with Crippen LogP contribution in [0, 0.1) is 20.8 Å². The van der Waals surface area contributed by atoms with Crippen LogP contribution in [0.5, 0.6) is 5.75 Å². The smallest absolute Gasteiger partial charge is 0.342 e. The number of nitrogens with zero attached hydrogens (tertiary/aromatic N) is 1. The highest BCUT2D eigenvalue weighted by molar-refractivity contribution is 7.09. The van der Waals surface area contributed by atoms with E-state index < -0.39 is 11.9 Å². The van der Waals surface area contributed by atoms with Gasteiger partial charge in [0, 0.05) is 11.1 Å². The lowest BCUT2D eigenvalue weighted by molar-refractivity contribution is -0.119. The topological polar surface area (TPSA) is 77.5 Å². The lowest BCUT2D eigenvalue weighted by Crippen LogP contribution is -2.21. The number of carbonyl (C=O) groups is 2. The minimum absolute atomic E-state index is 0.252. The van der Waals surface area contributed by atoms with Crippen molar-refractivity contribution in [1.82, 2.24) is 4.98 Å². The number of nitrogens with one attached hydrogen (secondary N) is 1. The van der Waals surface area contributed by atoms with Crippen molar-refractivity contribution in [2.75, 3.05) is 11.9 Å². The van der Waals surface area contributed by atoms with Crippen LogP contribution in [-0.4, -0.2) is 23.5 Å². The van der Waals surface area contributed by atoms with Gasteiger partial charge in [-0.1, -0.05) is 24.3 Å². The van der Waals surface area contributed by atoms with Crippen molar-refractivity contribution >= 4 is 28.9 Å². The van der Waals surface area contributed by atoms with Crippen LogP contribution in [-0.2, 0) is 16.1 Å². The molecule has 0 aliphatic carbocycles. The standard InChI is InChI=1S/C22H22N2O4S/c1-14-8-9-15(2)19(10-14)24-21(25)12-28-22(26)18-6-4-5-7-20(18)27-11-17-13-29-16(3)23-17/h4-10,13H,11-12H2,1-3H3,(H,24,25). The van der Waals surface area contributed by atoms with E-state index in [-0.39, 0.29) is 18.8 Å². The molecule has 0 radical (unpaired) electrons. The van der Waals surface area contributed by atoms with Gasteiger partial charge in [-0.05, 0) is 50.1 Å². The van der Waals surface area contributed by atoms with E-state index in [1.54, 1.807) is 24.3 Å². The summed E-state index contributed by atoms with van der Waals surface area (Å²) >= 11 is 1.54. The zero-order chi connectivity index (χ0) is 20.8. The van der Waals surface area contributed by atoms with Gasteiger partial charge in [-0.15, -0.1) is 11.3 Å². The van der Waals surface area contributed by atoms with Crippen molar-refractivity contribution in [1.29, 1.82) is 0 Å². The second-order valence-corrected chi connectivity index (χ2v) is 7.65. The van der Waals surface area contributed by atoms with Crippen LogP contribution in [0.2, 0.25) is 0 Å². The van der Waals surface area contributed by atoms with Crippen molar-refractivity contribution in [2.24, 2.45) is 0 Å². The quantitative estimate of drug-likeness (QED) is 0.583. The monoisotopic (exact) mass is 410 g/mol. The Bertz CT molecular complexity index is 1030. The number of benzene rings is 2. The van der Waals surface area contributed by atoms with Gasteiger partial charge in [0.15, 0.2) is 6.61 Å². The van der Waals surface area contributed by atoms with Crippen LogP contribution in [0.1, 0.15) is 32.2 Å². The van der Waals surface area contributed by atoms with Gasteiger partial charge in [0.2, 0.25) is 0 Å². The molecule has 1 amide bonds. The third kappa shape index (κ3) is 5.65. The number of ether oxygens (including phenoxy) is 2. The van der Waals surface area contributed by atoms with Crippen LogP contribution in [0.4, 0.5) is 5.69 Å². The Kier molecular flexibility index (Phi) is 6.61. The molecule has 0 saturated heterocycles. The first-order valence-corrected chi connectivity index (χ1v) is 9.97. The zero-order valence-corrected chi connectivity index (χ0v) is 17.3. The van der Waals surface area contributed by atoms with Gasteiger partial charge < -0.3 is 14.8 Å². The molecular weight excluding hydrogens is 388 g/mol. The van der Waals surface area contributed by atoms with Crippen LogP contribution in [0.25, 0.3) is 0 Å². The highest BCUT2D eigenvalue weighted by Crippen LogP contribution is 2.21. The fourth-order valence-corrected chi connectivity index (χ4v) is 3.25. The van der Waals surface area contributed by atoms with Crippen LogP contribution < -0.4 is 10.1 Å². The van der Waals surface area contributed by atoms with Crippen molar-refractivity contribution in [3.8, 4) is 5.75 Å². The van der Waals surface area contributed by atoms with Crippen molar-refractivity contribution in [2.45, 2.75) is 27.4 Å². The van der Waals surface area contributed by atoms with E-state index in [1.165, 1.54) is 11.3 Å². The summed E-state index contributed by atoms with van der Waals surface area (Å²) in [5, 5.41) is 5.63. The number of aryl methyl sites for hydroxylation is 3. The largest absolute Gasteiger partial charge is 0.486 e. The van der Waals surface area contributed by atoms with E-state index in [9.17, 15) is 9.59 Å². The maximum atomic E-state index is 12.5. The first kappa shape index (κ1) is 20.5. The summed E-state index contributed by atoms with van der Waals surface area (Å²) in [6.45, 7) is 5.63. The number of rotatable bonds is 7. The molecule has 150 valence electrons. The number of hydrogen-bond acceptors (Lipinski definition) is 6. The number of amides is 1. The predicted octanol–water partition coefficient (Wildman–Crippen LogP) is 4.44. The summed E-state index contributed by atoms with van der Waals surface area (Å²) in [6, 6.07) is 12.5. The Morgan fingerprint density at radius 1 is 1.10 bits per heavy atom. The van der Waals surface area contributed by atoms with Crippen molar-refractivity contribution < 1.29 is 19.1 Å². The lowest BCUT2D eigenvalue weighted by atomic mass is 10.1. The molecule has 0 unspecified atom stereocenters. The van der Waals surface area contributed by atoms with Crippen LogP contribution >= 0.6 is 11.3 Å². The summed E-state index contributed by atoms with van der Waals surface area (Å²) < 4.78 is 10.9. The van der Waals surface area contributed by atoms with Gasteiger partial charge in [0.1, 0.15) is 17.9 Å². The Morgan fingerprint density at radius 3 is 2.66 bits per heavy atom. The molecular formula is C22H22N2O4S. The van der Waals surface area contributed by atoms with Crippen LogP contribution in [0.3, 0.4) is 0 Å². The SMILES string of the molecule is Cc1ccc(C)c(NC(=O)COC(=O)c2ccccc2OCc2csc(C)n2)c1. The van der Waals surface area contributed by atoms with Crippen molar-refractivity contribution in [3.63, 3.8) is 0 Å². The molecule has 1 N–H and O–H groups in total. The highest BCUT2D eigenvalue weighted by atomic mass is 32.1. The number of anilines is 1. The molecule has 0 saturated carbocycles. The molecule has 0 atom stereocenters. The Balaban J connectivity index is 1.59. The van der Waals surface area contributed by atoms with Gasteiger partial charge in [0.05, 0.1) is 10.7 Å². The Morgan fingerprint density at radius 2 is 1.90 bits per heavy atom. The average molecular weight is 410 g/mol. The van der Waals surface area contributed by atoms with E-state index in [4.69, 9.17) is 9.47 Å². The second kappa shape index (κ2) is 9.34. The number of hydrogen-bond donors (Lipinski definition) is 1. The van der Waals surface area contributed by atoms with Crippen molar-refractivity contribution in [3.05, 3.63) is 75.2 Å². The fraction of sp³-hybridized carbons (Fsp3) is 0.227. The zero-order valence-electron chi connectivity index (χ0n) is 16.5. The molecule has 0 aliphatic rings. The molecule has 2 aromatic carbocycles. The summed E-state index contributed by atoms with van der Waals surface area (Å²) in [4.78, 5) is 29.0. The first-order chi connectivity index (χ1) is 13.9. The molecule has 0 bridgehead atoms. The fourth-order valence-electron chi connectivity index (χ4n) is 2.65. The number of para-hydroxylation sites is 1. The van der Waals surface area contributed by atoms with E-state index in [0.29, 0.717) is 11.4 Å². The summed E-state index contributed by atoms with van der Waals surface area (Å²) in [5.74, 6) is -0.632. The first-order valence-electron chi connectivity index (χ1n) is 9.09. The van der Waals surface area contributed by atoms with E-state index >= 15 is 0 Å². The normalized spacial score (nSPS) is 10.4. The predicted molar refractivity (Wildman–Crippen MR) is 112 cm³/mol. The van der Waals surface area contributed by atoms with Gasteiger partial charge >= 0.3 is 5.97 Å². The Labute approximate surface area is 173 Å². The molecule has 0 aliphatic heterocycles. The minimum atomic E-state index is -0.619. The summed E-state index contributed by atoms with van der Waals surface area (Å²) in [6.07, 6.45) is 0. The third-order valence-electron chi connectivity index (χ3n) is 4.15. The van der Waals surface area contributed by atoms with Gasteiger partial charge in [-0.25, -0.2) is 9.78 Å². The van der Waals surface area contributed by atoms with E-state index in [2.05, 4.69) is 10.3 Å². The number of thiazole rings is 1. The van der Waals surface area contributed by atoms with Gasteiger partial charge in [0.25, 0.3) is 5.91 Å². The molecule has 3 rings (SSSR count). The molecule has 0 fully saturated rings. The molecule has 1 heterocycles. The molecule has 1 aromatic heterocycles. The number of carbonyl (C=O) groups excluding carboxylic acids is 2. The minimum Gasteiger partial charge on any atom is -0.486 e. The van der Waals surface area contributed by atoms with Gasteiger partial charge in [-0.3, -0.25) is 4.79 Å². The van der Waals surface area contributed by atoms with E-state index in [1.807, 2.05) is 44.4 Å². The molecule has 6 nitrogen and oxygen atoms in total. The van der Waals surface area contributed by atoms with Crippen LogP contribution in [0.15, 0.2) is 47.8 Å². The molecule has 7 heteroatoms. The third-order valence-corrected chi connectivity index (χ3v) is 4.97. The Hall–Kier alpha value is -3.19. The second-order valence-electron chi connectivity index (χ2n) is 6.59. The summed E-state index contributed by atoms with van der Waals surface area (Å²) in [7, 11) is 0. The number of esters is 1.